The number of carbonyl (C=O) groups is 1. The number of carboxylic acid groups (broad SMARTS) is 1. The molecule has 0 aromatic rings. The third-order valence-electron chi connectivity index (χ3n) is 13.0. The molecular weight excluding hydrogens is 408 g/mol. The summed E-state index contributed by atoms with van der Waals surface area (Å²) in [6, 6.07) is 0. The van der Waals surface area contributed by atoms with Crippen molar-refractivity contribution < 1.29 is 15.0 Å². The smallest absolute Gasteiger partial charge is 0.310 e. The third kappa shape index (κ3) is 2.87. The third-order valence-corrected chi connectivity index (χ3v) is 13.0. The van der Waals surface area contributed by atoms with Crippen LogP contribution in [0.15, 0.2) is 11.6 Å². The van der Waals surface area contributed by atoms with E-state index in [0.29, 0.717) is 11.8 Å². The van der Waals surface area contributed by atoms with Gasteiger partial charge in [-0.2, -0.15) is 0 Å². The fraction of sp³-hybridized carbons (Fsp3) is 0.900. The lowest BCUT2D eigenvalue weighted by Crippen LogP contribution is -2.65. The summed E-state index contributed by atoms with van der Waals surface area (Å²) < 4.78 is 0. The summed E-state index contributed by atoms with van der Waals surface area (Å²) in [5.74, 6) is 0.807. The van der Waals surface area contributed by atoms with Gasteiger partial charge in [-0.05, 0) is 109 Å². The van der Waals surface area contributed by atoms with Crippen molar-refractivity contribution in [1.29, 1.82) is 0 Å². The summed E-state index contributed by atoms with van der Waals surface area (Å²) in [7, 11) is 0. The molecule has 0 aromatic heterocycles. The van der Waals surface area contributed by atoms with Gasteiger partial charge in [0.05, 0.1) is 11.5 Å². The Bertz CT molecular complexity index is 885. The molecule has 5 aliphatic rings. The van der Waals surface area contributed by atoms with Gasteiger partial charge in [0.1, 0.15) is 0 Å². The SMILES string of the molecule is CC1(C)CC[C@@]2(C(=O)O)CC[C@@]3(C)C(=CCC4[C@]5(C)CC[C@H](O)C(C)(C)C5CC[C@@]43C)[C@H]2C1. The molecule has 0 amide bonds. The fourth-order valence-corrected chi connectivity index (χ4v) is 10.6. The van der Waals surface area contributed by atoms with Gasteiger partial charge in [0.25, 0.3) is 0 Å². The molecule has 0 aliphatic heterocycles. The molecule has 8 atom stereocenters. The highest BCUT2D eigenvalue weighted by atomic mass is 16.4. The first-order valence-corrected chi connectivity index (χ1v) is 13.8. The van der Waals surface area contributed by atoms with Gasteiger partial charge in [-0.15, -0.1) is 0 Å². The minimum atomic E-state index is -0.553. The van der Waals surface area contributed by atoms with E-state index in [1.165, 1.54) is 18.4 Å². The maximum atomic E-state index is 12.8. The van der Waals surface area contributed by atoms with Crippen LogP contribution in [0.25, 0.3) is 0 Å². The van der Waals surface area contributed by atoms with Crippen LogP contribution in [0, 0.1) is 50.2 Å². The molecule has 2 unspecified atom stereocenters. The van der Waals surface area contributed by atoms with E-state index in [1.807, 2.05) is 0 Å². The molecule has 0 aromatic carbocycles. The monoisotopic (exact) mass is 456 g/mol. The van der Waals surface area contributed by atoms with Gasteiger partial charge in [-0.25, -0.2) is 0 Å². The fourth-order valence-electron chi connectivity index (χ4n) is 10.6. The summed E-state index contributed by atoms with van der Waals surface area (Å²) in [6.45, 7) is 16.9. The largest absolute Gasteiger partial charge is 0.481 e. The van der Waals surface area contributed by atoms with Gasteiger partial charge in [-0.1, -0.05) is 60.1 Å². The molecule has 4 fully saturated rings. The summed E-state index contributed by atoms with van der Waals surface area (Å²) in [6.07, 6.45) is 12.6. The minimum Gasteiger partial charge on any atom is -0.481 e. The van der Waals surface area contributed by atoms with Crippen LogP contribution in [0.2, 0.25) is 0 Å². The molecule has 0 saturated heterocycles. The Kier molecular flexibility index (Phi) is 4.99. The second-order valence-corrected chi connectivity index (χ2v) is 15.1. The number of allylic oxidation sites excluding steroid dienone is 2. The van der Waals surface area contributed by atoms with Crippen molar-refractivity contribution in [3.63, 3.8) is 0 Å². The zero-order chi connectivity index (χ0) is 24.2. The van der Waals surface area contributed by atoms with Crippen LogP contribution in [0.5, 0.6) is 0 Å². The van der Waals surface area contributed by atoms with Crippen LogP contribution >= 0.6 is 0 Å². The molecule has 3 heteroatoms. The molecule has 5 rings (SSSR count). The predicted octanol–water partition coefficient (Wildman–Crippen LogP) is 7.23. The maximum Gasteiger partial charge on any atom is 0.310 e. The van der Waals surface area contributed by atoms with Gasteiger partial charge in [0.15, 0.2) is 0 Å². The highest BCUT2D eigenvalue weighted by Crippen LogP contribution is 2.75. The quantitative estimate of drug-likeness (QED) is 0.409. The van der Waals surface area contributed by atoms with Gasteiger partial charge in [0, 0.05) is 0 Å². The molecule has 4 saturated carbocycles. The van der Waals surface area contributed by atoms with Crippen LogP contribution in [-0.4, -0.2) is 22.3 Å². The number of aliphatic hydroxyl groups is 1. The average Bonchev–Trinajstić information content (AvgIpc) is 2.71. The van der Waals surface area contributed by atoms with Crippen molar-refractivity contribution in [2.24, 2.45) is 50.2 Å². The molecule has 0 bridgehead atoms. The van der Waals surface area contributed by atoms with Crippen molar-refractivity contribution in [2.75, 3.05) is 0 Å². The maximum absolute atomic E-state index is 12.8. The number of hydrogen-bond acceptors (Lipinski definition) is 2. The van der Waals surface area contributed by atoms with Gasteiger partial charge >= 0.3 is 5.97 Å². The lowest BCUT2D eigenvalue weighted by Gasteiger charge is -2.71. The molecule has 186 valence electrons. The summed E-state index contributed by atoms with van der Waals surface area (Å²) in [5.41, 5.74) is 1.68. The molecule has 2 N–H and O–H groups in total. The van der Waals surface area contributed by atoms with Gasteiger partial charge < -0.3 is 10.2 Å². The first-order chi connectivity index (χ1) is 15.1. The molecule has 3 nitrogen and oxygen atoms in total. The van der Waals surface area contributed by atoms with Crippen LogP contribution in [-0.2, 0) is 4.79 Å². The van der Waals surface area contributed by atoms with Crippen molar-refractivity contribution in [3.8, 4) is 0 Å². The standard InChI is InChI=1S/C30H48O3/c1-25(2)14-16-30(24(32)33)17-15-28(6)19(20(30)18-25)8-9-22-27(5)12-11-23(31)26(3,4)21(27)10-13-29(22,28)7/h8,20-23,31H,9-18H2,1-7H3,(H,32,33)/t20-,21?,22?,23+,27-,28+,29+,30-/m1/s1. The Balaban J connectivity index is 1.60. The van der Waals surface area contributed by atoms with Crippen molar-refractivity contribution in [2.45, 2.75) is 119 Å². The lowest BCUT2D eigenvalue weighted by atomic mass is 9.33. The van der Waals surface area contributed by atoms with Crippen molar-refractivity contribution in [1.82, 2.24) is 0 Å². The molecule has 0 heterocycles. The Morgan fingerprint density at radius 2 is 1.55 bits per heavy atom. The van der Waals surface area contributed by atoms with E-state index in [2.05, 4.69) is 54.5 Å². The summed E-state index contributed by atoms with van der Waals surface area (Å²) in [4.78, 5) is 12.8. The highest BCUT2D eigenvalue weighted by molar-refractivity contribution is 5.76. The Hall–Kier alpha value is -0.830. The van der Waals surface area contributed by atoms with E-state index < -0.39 is 11.4 Å². The normalized spacial score (nSPS) is 52.4. The summed E-state index contributed by atoms with van der Waals surface area (Å²) in [5, 5.41) is 21.4. The lowest BCUT2D eigenvalue weighted by molar-refractivity contribution is -0.205. The number of aliphatic hydroxyl groups excluding tert-OH is 1. The zero-order valence-corrected chi connectivity index (χ0v) is 22.3. The molecule has 5 aliphatic carbocycles. The highest BCUT2D eigenvalue weighted by Gasteiger charge is 2.69. The van der Waals surface area contributed by atoms with Crippen LogP contribution < -0.4 is 0 Å². The predicted molar refractivity (Wildman–Crippen MR) is 133 cm³/mol. The first kappa shape index (κ1) is 23.9. The molecular formula is C30H48O3. The van der Waals surface area contributed by atoms with E-state index in [-0.39, 0.29) is 39.1 Å². The first-order valence-electron chi connectivity index (χ1n) is 13.8. The van der Waals surface area contributed by atoms with E-state index in [4.69, 9.17) is 0 Å². The minimum absolute atomic E-state index is 0.0301. The Morgan fingerprint density at radius 3 is 2.21 bits per heavy atom. The summed E-state index contributed by atoms with van der Waals surface area (Å²) >= 11 is 0. The number of fused-ring (bicyclic) bond motifs is 7. The number of hydrogen-bond donors (Lipinski definition) is 2. The Morgan fingerprint density at radius 1 is 0.879 bits per heavy atom. The molecule has 33 heavy (non-hydrogen) atoms. The zero-order valence-electron chi connectivity index (χ0n) is 22.3. The second-order valence-electron chi connectivity index (χ2n) is 15.1. The van der Waals surface area contributed by atoms with Crippen LogP contribution in [0.4, 0.5) is 0 Å². The molecule has 0 radical (unpaired) electrons. The van der Waals surface area contributed by atoms with E-state index in [0.717, 1.165) is 51.4 Å². The van der Waals surface area contributed by atoms with Crippen LogP contribution in [0.3, 0.4) is 0 Å². The van der Waals surface area contributed by atoms with E-state index in [1.54, 1.807) is 0 Å². The number of rotatable bonds is 1. The topological polar surface area (TPSA) is 57.5 Å². The average molecular weight is 457 g/mol. The van der Waals surface area contributed by atoms with E-state index in [9.17, 15) is 15.0 Å². The Labute approximate surface area is 201 Å². The second kappa shape index (κ2) is 6.89. The van der Waals surface area contributed by atoms with Gasteiger partial charge in [0.2, 0.25) is 0 Å². The van der Waals surface area contributed by atoms with Crippen molar-refractivity contribution in [3.05, 3.63) is 11.6 Å². The number of carboxylic acids is 1. The number of aliphatic carboxylic acids is 1. The van der Waals surface area contributed by atoms with Crippen LogP contribution in [0.1, 0.15) is 113 Å². The molecule has 0 spiro atoms. The van der Waals surface area contributed by atoms with E-state index >= 15 is 0 Å². The van der Waals surface area contributed by atoms with Gasteiger partial charge in [-0.3, -0.25) is 4.79 Å². The van der Waals surface area contributed by atoms with Crippen molar-refractivity contribution >= 4 is 5.97 Å².